The van der Waals surface area contributed by atoms with Crippen LogP contribution in [0.1, 0.15) is 91.4 Å². The Bertz CT molecular complexity index is 356. The summed E-state index contributed by atoms with van der Waals surface area (Å²) < 4.78 is 6.34. The minimum absolute atomic E-state index is 0. The van der Waals surface area contributed by atoms with Gasteiger partial charge < -0.3 is 17.1 Å². The van der Waals surface area contributed by atoms with Crippen LogP contribution in [0.5, 0.6) is 0 Å². The maximum Gasteiger partial charge on any atom is 0.337 e. The van der Waals surface area contributed by atoms with Crippen molar-refractivity contribution >= 4 is 5.97 Å². The number of carbonyl (C=O) groups excluding carboxylic acids is 1. The molecule has 3 nitrogen and oxygen atoms in total. The predicted octanol–water partition coefficient (Wildman–Crippen LogP) is 2.84. The third-order valence-electron chi connectivity index (χ3n) is 4.81. The van der Waals surface area contributed by atoms with E-state index in [1.807, 2.05) is 0 Å². The summed E-state index contributed by atoms with van der Waals surface area (Å²) in [6.07, 6.45) is 14.2. The number of hydrogen-bond acceptors (Lipinski definition) is 2. The van der Waals surface area contributed by atoms with E-state index in [2.05, 4.69) is 34.5 Å². The second kappa shape index (κ2) is 15.7. The topological polar surface area (TPSA) is 26.3 Å². The molecule has 0 rings (SSSR count). The molecule has 0 spiro atoms. The van der Waals surface area contributed by atoms with Crippen LogP contribution in [0, 0.1) is 0 Å². The van der Waals surface area contributed by atoms with Gasteiger partial charge in [-0.2, -0.15) is 0 Å². The SMILES string of the molecule is C=C(C)C(=O)OC(CC)[N+](C)(C)CCCCCCCCCCCC.[Cl-]. The molecular weight excluding hydrogens is 334 g/mol. The van der Waals surface area contributed by atoms with Crippen LogP contribution in [0.2, 0.25) is 0 Å². The molecule has 1 unspecified atom stereocenters. The first kappa shape index (κ1) is 26.7. The number of esters is 1. The van der Waals surface area contributed by atoms with E-state index < -0.39 is 0 Å². The van der Waals surface area contributed by atoms with E-state index in [0.717, 1.165) is 17.4 Å². The van der Waals surface area contributed by atoms with E-state index in [1.54, 1.807) is 6.92 Å². The molecule has 0 aliphatic heterocycles. The molecule has 0 radical (unpaired) electrons. The molecular formula is C21H42ClNO2. The number of carbonyl (C=O) groups is 1. The van der Waals surface area contributed by atoms with E-state index in [9.17, 15) is 4.79 Å². The highest BCUT2D eigenvalue weighted by Crippen LogP contribution is 2.17. The highest BCUT2D eigenvalue weighted by molar-refractivity contribution is 5.86. The summed E-state index contributed by atoms with van der Waals surface area (Å²) in [6.45, 7) is 10.8. The van der Waals surface area contributed by atoms with Crippen molar-refractivity contribution in [3.63, 3.8) is 0 Å². The summed E-state index contributed by atoms with van der Waals surface area (Å²) in [7, 11) is 4.32. The van der Waals surface area contributed by atoms with E-state index >= 15 is 0 Å². The highest BCUT2D eigenvalue weighted by atomic mass is 35.5. The molecule has 0 amide bonds. The molecule has 150 valence electrons. The molecule has 0 saturated heterocycles. The van der Waals surface area contributed by atoms with Crippen LogP contribution >= 0.6 is 0 Å². The van der Waals surface area contributed by atoms with Crippen molar-refractivity contribution in [2.24, 2.45) is 0 Å². The first-order valence-corrected chi connectivity index (χ1v) is 10.0. The van der Waals surface area contributed by atoms with Gasteiger partial charge in [-0.25, -0.2) is 4.79 Å². The Morgan fingerprint density at radius 2 is 1.36 bits per heavy atom. The normalized spacial score (nSPS) is 12.4. The highest BCUT2D eigenvalue weighted by Gasteiger charge is 2.29. The summed E-state index contributed by atoms with van der Waals surface area (Å²) >= 11 is 0. The fourth-order valence-corrected chi connectivity index (χ4v) is 3.10. The average Bonchev–Trinajstić information content (AvgIpc) is 2.53. The number of quaternary nitrogens is 1. The van der Waals surface area contributed by atoms with Gasteiger partial charge in [-0.05, 0) is 19.8 Å². The van der Waals surface area contributed by atoms with E-state index in [4.69, 9.17) is 4.74 Å². The Hall–Kier alpha value is -0.540. The fraction of sp³-hybridized carbons (Fsp3) is 0.857. The number of nitrogens with zero attached hydrogens (tertiary/aromatic N) is 1. The third kappa shape index (κ3) is 13.3. The van der Waals surface area contributed by atoms with Crippen molar-refractivity contribution in [3.8, 4) is 0 Å². The number of hydrogen-bond donors (Lipinski definition) is 0. The van der Waals surface area contributed by atoms with Crippen LogP contribution in [0.25, 0.3) is 0 Å². The number of unbranched alkanes of at least 4 members (excludes halogenated alkanes) is 9. The van der Waals surface area contributed by atoms with Crippen molar-refractivity contribution in [1.29, 1.82) is 0 Å². The van der Waals surface area contributed by atoms with Crippen LogP contribution in [0.4, 0.5) is 0 Å². The minimum Gasteiger partial charge on any atom is -1.00 e. The maximum absolute atomic E-state index is 11.8. The minimum atomic E-state index is -0.267. The largest absolute Gasteiger partial charge is 1.00 e. The van der Waals surface area contributed by atoms with Gasteiger partial charge in [0.05, 0.1) is 20.6 Å². The third-order valence-corrected chi connectivity index (χ3v) is 4.81. The summed E-state index contributed by atoms with van der Waals surface area (Å²) in [6, 6.07) is 0. The summed E-state index contributed by atoms with van der Waals surface area (Å²) in [4.78, 5) is 11.8. The standard InChI is InChI=1S/C21H42NO2.ClH/c1-7-9-10-11-12-13-14-15-16-17-18-22(5,6)20(8-2)24-21(23)19(3)4;/h20H,3,7-18H2,1-2,4-6H3;1H/q+1;/p-1. The zero-order valence-electron chi connectivity index (χ0n) is 17.4. The summed E-state index contributed by atoms with van der Waals surface area (Å²) in [5.74, 6) is -0.267. The molecule has 0 heterocycles. The van der Waals surface area contributed by atoms with Gasteiger partial charge in [0.2, 0.25) is 6.23 Å². The first-order valence-electron chi connectivity index (χ1n) is 10.0. The van der Waals surface area contributed by atoms with Crippen LogP contribution in [-0.2, 0) is 9.53 Å². The molecule has 0 aromatic rings. The van der Waals surface area contributed by atoms with Crippen LogP contribution in [0.3, 0.4) is 0 Å². The molecule has 0 N–H and O–H groups in total. The number of halogens is 1. The molecule has 0 fully saturated rings. The molecule has 0 aromatic heterocycles. The lowest BCUT2D eigenvalue weighted by atomic mass is 10.1. The Labute approximate surface area is 163 Å². The predicted molar refractivity (Wildman–Crippen MR) is 104 cm³/mol. The van der Waals surface area contributed by atoms with E-state index in [0.29, 0.717) is 5.57 Å². The lowest BCUT2D eigenvalue weighted by molar-refractivity contribution is -0.935. The van der Waals surface area contributed by atoms with Crippen molar-refractivity contribution in [1.82, 2.24) is 0 Å². The van der Waals surface area contributed by atoms with E-state index in [1.165, 1.54) is 64.2 Å². The summed E-state index contributed by atoms with van der Waals surface area (Å²) in [5.41, 5.74) is 0.479. The first-order chi connectivity index (χ1) is 11.3. The van der Waals surface area contributed by atoms with Gasteiger partial charge in [0.1, 0.15) is 0 Å². The van der Waals surface area contributed by atoms with Gasteiger partial charge in [0, 0.05) is 12.0 Å². The summed E-state index contributed by atoms with van der Waals surface area (Å²) in [5, 5.41) is 0. The maximum atomic E-state index is 11.8. The quantitative estimate of drug-likeness (QED) is 0.145. The average molecular weight is 376 g/mol. The second-order valence-corrected chi connectivity index (χ2v) is 7.73. The van der Waals surface area contributed by atoms with Gasteiger partial charge in [-0.15, -0.1) is 0 Å². The van der Waals surface area contributed by atoms with Crippen molar-refractivity contribution in [2.45, 2.75) is 97.6 Å². The lowest BCUT2D eigenvalue weighted by Crippen LogP contribution is -3.00. The monoisotopic (exact) mass is 375 g/mol. The van der Waals surface area contributed by atoms with Crippen molar-refractivity contribution in [2.75, 3.05) is 20.6 Å². The molecule has 0 bridgehead atoms. The number of rotatable bonds is 15. The Morgan fingerprint density at radius 1 is 0.920 bits per heavy atom. The van der Waals surface area contributed by atoms with Crippen LogP contribution in [-0.4, -0.2) is 37.3 Å². The Balaban J connectivity index is 0. The fourth-order valence-electron chi connectivity index (χ4n) is 3.10. The van der Waals surface area contributed by atoms with Crippen LogP contribution in [0.15, 0.2) is 12.2 Å². The van der Waals surface area contributed by atoms with Crippen molar-refractivity contribution in [3.05, 3.63) is 12.2 Å². The smallest absolute Gasteiger partial charge is 0.337 e. The van der Waals surface area contributed by atoms with Crippen LogP contribution < -0.4 is 12.4 Å². The van der Waals surface area contributed by atoms with Gasteiger partial charge in [0.25, 0.3) is 0 Å². The van der Waals surface area contributed by atoms with Crippen molar-refractivity contribution < 1.29 is 26.4 Å². The van der Waals surface area contributed by atoms with Gasteiger partial charge in [-0.1, -0.05) is 71.8 Å². The van der Waals surface area contributed by atoms with E-state index in [-0.39, 0.29) is 24.6 Å². The zero-order valence-corrected chi connectivity index (χ0v) is 18.2. The molecule has 0 saturated carbocycles. The van der Waals surface area contributed by atoms with Gasteiger partial charge in [-0.3, -0.25) is 4.48 Å². The molecule has 1 atom stereocenters. The Kier molecular flexibility index (Phi) is 16.8. The molecule has 0 aliphatic rings. The zero-order chi connectivity index (χ0) is 18.4. The molecule has 0 aliphatic carbocycles. The molecule has 25 heavy (non-hydrogen) atoms. The number of ether oxygens (including phenoxy) is 1. The van der Waals surface area contributed by atoms with Gasteiger partial charge >= 0.3 is 5.97 Å². The second-order valence-electron chi connectivity index (χ2n) is 7.73. The van der Waals surface area contributed by atoms with Gasteiger partial charge in [0.15, 0.2) is 0 Å². The Morgan fingerprint density at radius 3 is 1.76 bits per heavy atom. The molecule has 4 heteroatoms. The molecule has 0 aromatic carbocycles. The lowest BCUT2D eigenvalue weighted by Gasteiger charge is -2.36.